The summed E-state index contributed by atoms with van der Waals surface area (Å²) in [6.07, 6.45) is -1.03. The van der Waals surface area contributed by atoms with Crippen LogP contribution in [0.5, 0.6) is 0 Å². The van der Waals surface area contributed by atoms with Crippen LogP contribution in [0.3, 0.4) is 0 Å². The lowest BCUT2D eigenvalue weighted by atomic mass is 9.88. The Kier molecular flexibility index (Phi) is 5.57. The molecule has 0 atom stereocenters. The fourth-order valence-corrected chi connectivity index (χ4v) is 3.83. The number of ketones is 1. The first-order chi connectivity index (χ1) is 14.4. The number of hydrogen-bond donors (Lipinski definition) is 0. The zero-order valence-electron chi connectivity index (χ0n) is 16.3. The fraction of sp³-hybridized carbons (Fsp3) is 0.250. The van der Waals surface area contributed by atoms with Gasteiger partial charge in [-0.15, -0.1) is 0 Å². The summed E-state index contributed by atoms with van der Waals surface area (Å²) in [6.45, 7) is 1.58. The van der Waals surface area contributed by atoms with Gasteiger partial charge in [-0.3, -0.25) is 4.79 Å². The molecule has 1 aliphatic rings. The van der Waals surface area contributed by atoms with Crippen LogP contribution in [0.15, 0.2) is 72.9 Å². The van der Waals surface area contributed by atoms with Crippen molar-refractivity contribution in [3.8, 4) is 11.1 Å². The van der Waals surface area contributed by atoms with Crippen LogP contribution < -0.4 is 4.90 Å². The van der Waals surface area contributed by atoms with Crippen LogP contribution in [0, 0.1) is 5.92 Å². The van der Waals surface area contributed by atoms with E-state index in [0.717, 1.165) is 49.4 Å². The number of pyridine rings is 1. The second kappa shape index (κ2) is 8.30. The lowest BCUT2D eigenvalue weighted by Crippen LogP contribution is -2.36. The van der Waals surface area contributed by atoms with Crippen LogP contribution in [0.1, 0.15) is 28.8 Å². The highest BCUT2D eigenvalue weighted by atomic mass is 19.4. The molecule has 0 radical (unpaired) electrons. The number of halogens is 3. The van der Waals surface area contributed by atoms with Crippen molar-refractivity contribution in [3.05, 3.63) is 84.1 Å². The van der Waals surface area contributed by atoms with Crippen molar-refractivity contribution in [1.82, 2.24) is 4.98 Å². The van der Waals surface area contributed by atoms with Crippen molar-refractivity contribution in [2.75, 3.05) is 18.0 Å². The van der Waals surface area contributed by atoms with Gasteiger partial charge in [-0.2, -0.15) is 13.2 Å². The van der Waals surface area contributed by atoms with Gasteiger partial charge in [-0.1, -0.05) is 42.5 Å². The van der Waals surface area contributed by atoms with E-state index in [2.05, 4.69) is 9.88 Å². The van der Waals surface area contributed by atoms with E-state index in [4.69, 9.17) is 0 Å². The average molecular weight is 410 g/mol. The minimum absolute atomic E-state index is 0.0260. The first-order valence-electron chi connectivity index (χ1n) is 9.90. The molecule has 2 aromatic carbocycles. The zero-order chi connectivity index (χ0) is 21.1. The Balaban J connectivity index is 1.40. The molecule has 2 heterocycles. The number of Topliss-reactive ketones (excluding diaryl/α,β-unsaturated/α-hetero) is 1. The van der Waals surface area contributed by atoms with Crippen LogP contribution in [-0.4, -0.2) is 23.9 Å². The molecule has 154 valence electrons. The minimum atomic E-state index is -4.35. The number of nitrogens with zero attached hydrogens (tertiary/aromatic N) is 2. The normalized spacial score (nSPS) is 15.2. The van der Waals surface area contributed by atoms with Crippen LogP contribution in [-0.2, 0) is 6.18 Å². The van der Waals surface area contributed by atoms with Gasteiger partial charge >= 0.3 is 6.18 Å². The molecule has 3 nitrogen and oxygen atoms in total. The van der Waals surface area contributed by atoms with E-state index < -0.39 is 11.7 Å². The van der Waals surface area contributed by atoms with E-state index in [1.54, 1.807) is 30.5 Å². The number of piperidine rings is 1. The number of anilines is 1. The van der Waals surface area contributed by atoms with E-state index >= 15 is 0 Å². The Bertz CT molecular complexity index is 991. The van der Waals surface area contributed by atoms with Crippen LogP contribution in [0.4, 0.5) is 19.0 Å². The Morgan fingerprint density at radius 2 is 1.47 bits per heavy atom. The van der Waals surface area contributed by atoms with Crippen molar-refractivity contribution in [1.29, 1.82) is 0 Å². The molecule has 30 heavy (non-hydrogen) atoms. The smallest absolute Gasteiger partial charge is 0.357 e. The highest BCUT2D eigenvalue weighted by molar-refractivity contribution is 5.98. The Morgan fingerprint density at radius 3 is 2.00 bits per heavy atom. The molecule has 0 spiro atoms. The lowest BCUT2D eigenvalue weighted by molar-refractivity contribution is -0.137. The molecule has 6 heteroatoms. The summed E-state index contributed by atoms with van der Waals surface area (Å²) in [5.41, 5.74) is 1.44. The number of carbonyl (C=O) groups excluding carboxylic acids is 1. The molecule has 1 fully saturated rings. The molecule has 4 rings (SSSR count). The Morgan fingerprint density at radius 1 is 0.867 bits per heavy atom. The van der Waals surface area contributed by atoms with Gasteiger partial charge in [0.15, 0.2) is 5.78 Å². The van der Waals surface area contributed by atoms with Crippen LogP contribution >= 0.6 is 0 Å². The first-order valence-corrected chi connectivity index (χ1v) is 9.90. The molecule has 1 saturated heterocycles. The molecule has 1 aromatic heterocycles. The summed E-state index contributed by atoms with van der Waals surface area (Å²) in [5.74, 6) is 1.03. The topological polar surface area (TPSA) is 33.2 Å². The van der Waals surface area contributed by atoms with Crippen molar-refractivity contribution < 1.29 is 18.0 Å². The number of alkyl halides is 3. The third kappa shape index (κ3) is 4.37. The summed E-state index contributed by atoms with van der Waals surface area (Å²) < 4.78 is 38.2. The van der Waals surface area contributed by atoms with Gasteiger partial charge < -0.3 is 4.90 Å². The predicted molar refractivity (Wildman–Crippen MR) is 110 cm³/mol. The molecular formula is C24H21F3N2O. The predicted octanol–water partition coefficient (Wildman–Crippen LogP) is 5.87. The van der Waals surface area contributed by atoms with E-state index in [-0.39, 0.29) is 11.7 Å². The first kappa shape index (κ1) is 20.1. The van der Waals surface area contributed by atoms with E-state index in [1.807, 2.05) is 18.2 Å². The van der Waals surface area contributed by atoms with Crippen molar-refractivity contribution in [2.45, 2.75) is 19.0 Å². The SMILES string of the molecule is O=C(c1ccc(-c2ccc(C(F)(F)F)cc2)cc1)C1CCN(c2ccccn2)CC1. The largest absolute Gasteiger partial charge is 0.416 e. The number of hydrogen-bond acceptors (Lipinski definition) is 3. The number of carbonyl (C=O) groups is 1. The summed E-state index contributed by atoms with van der Waals surface area (Å²) >= 11 is 0. The van der Waals surface area contributed by atoms with Crippen molar-refractivity contribution in [3.63, 3.8) is 0 Å². The van der Waals surface area contributed by atoms with E-state index in [9.17, 15) is 18.0 Å². The lowest BCUT2D eigenvalue weighted by Gasteiger charge is -2.32. The fourth-order valence-electron chi connectivity index (χ4n) is 3.83. The summed E-state index contributed by atoms with van der Waals surface area (Å²) in [7, 11) is 0. The monoisotopic (exact) mass is 410 g/mol. The number of rotatable bonds is 4. The third-order valence-corrected chi connectivity index (χ3v) is 5.55. The zero-order valence-corrected chi connectivity index (χ0v) is 16.3. The molecule has 0 N–H and O–H groups in total. The van der Waals surface area contributed by atoms with Gasteiger partial charge in [0.1, 0.15) is 5.82 Å². The number of aromatic nitrogens is 1. The minimum Gasteiger partial charge on any atom is -0.357 e. The van der Waals surface area contributed by atoms with Crippen LogP contribution in [0.25, 0.3) is 11.1 Å². The molecule has 0 bridgehead atoms. The summed E-state index contributed by atoms with van der Waals surface area (Å²) in [4.78, 5) is 19.4. The standard InChI is InChI=1S/C24H21F3N2O/c25-24(26,27)21-10-8-18(9-11-21)17-4-6-19(7-5-17)23(30)20-12-15-29(16-13-20)22-3-1-2-14-28-22/h1-11,14,20H,12-13,15-16H2. The molecule has 0 saturated carbocycles. The second-order valence-electron chi connectivity index (χ2n) is 7.47. The quantitative estimate of drug-likeness (QED) is 0.505. The van der Waals surface area contributed by atoms with E-state index in [1.165, 1.54) is 12.1 Å². The van der Waals surface area contributed by atoms with Gasteiger partial charge in [-0.25, -0.2) is 4.98 Å². The van der Waals surface area contributed by atoms with Gasteiger partial charge in [0.25, 0.3) is 0 Å². The maximum Gasteiger partial charge on any atom is 0.416 e. The van der Waals surface area contributed by atoms with Gasteiger partial charge in [0, 0.05) is 30.8 Å². The second-order valence-corrected chi connectivity index (χ2v) is 7.47. The van der Waals surface area contributed by atoms with Crippen molar-refractivity contribution in [2.24, 2.45) is 5.92 Å². The highest BCUT2D eigenvalue weighted by Crippen LogP contribution is 2.31. The maximum absolute atomic E-state index is 12.9. The number of benzene rings is 2. The summed E-state index contributed by atoms with van der Waals surface area (Å²) in [5, 5.41) is 0. The highest BCUT2D eigenvalue weighted by Gasteiger charge is 2.30. The van der Waals surface area contributed by atoms with Crippen molar-refractivity contribution >= 4 is 11.6 Å². The third-order valence-electron chi connectivity index (χ3n) is 5.55. The molecule has 0 aliphatic carbocycles. The Hall–Kier alpha value is -3.15. The van der Waals surface area contributed by atoms with Gasteiger partial charge in [0.05, 0.1) is 5.56 Å². The molecule has 0 amide bonds. The van der Waals surface area contributed by atoms with Crippen LogP contribution in [0.2, 0.25) is 0 Å². The summed E-state index contributed by atoms with van der Waals surface area (Å²) in [6, 6.07) is 18.0. The van der Waals surface area contributed by atoms with Gasteiger partial charge in [-0.05, 0) is 48.2 Å². The average Bonchev–Trinajstić information content (AvgIpc) is 2.79. The molecule has 0 unspecified atom stereocenters. The van der Waals surface area contributed by atoms with Gasteiger partial charge in [0.2, 0.25) is 0 Å². The molecule has 3 aromatic rings. The molecular weight excluding hydrogens is 389 g/mol. The Labute approximate surface area is 173 Å². The maximum atomic E-state index is 12.9. The molecule has 1 aliphatic heterocycles. The van der Waals surface area contributed by atoms with E-state index in [0.29, 0.717) is 11.1 Å².